The summed E-state index contributed by atoms with van der Waals surface area (Å²) in [5.41, 5.74) is 0.812. The Kier molecular flexibility index (Phi) is 5.56. The topological polar surface area (TPSA) is 61.4 Å². The highest BCUT2D eigenvalue weighted by Gasteiger charge is 2.27. The van der Waals surface area contributed by atoms with Crippen LogP contribution >= 0.6 is 11.6 Å². The fraction of sp³-hybridized carbons (Fsp3) is 0.389. The number of amides is 1. The highest BCUT2D eigenvalue weighted by Crippen LogP contribution is 2.22. The maximum atomic E-state index is 14.0. The Morgan fingerprint density at radius 3 is 2.65 bits per heavy atom. The Bertz CT molecular complexity index is 788. The van der Waals surface area contributed by atoms with E-state index in [1.165, 1.54) is 18.2 Å². The number of nitrogens with zero attached hydrogens (tertiary/aromatic N) is 4. The van der Waals surface area contributed by atoms with E-state index < -0.39 is 5.82 Å². The summed E-state index contributed by atoms with van der Waals surface area (Å²) < 4.78 is 14.0. The minimum Gasteiger partial charge on any atom is -0.370 e. The van der Waals surface area contributed by atoms with Gasteiger partial charge >= 0.3 is 0 Å². The van der Waals surface area contributed by atoms with Crippen molar-refractivity contribution in [2.24, 2.45) is 0 Å². The number of hydrogen-bond donors (Lipinski definition) is 1. The molecule has 0 aliphatic carbocycles. The standard InChI is InChI=1S/C18H21ClFN5O/c1-3-21-15-11-12(2)22-18(23-15)25-9-7-24(8-10-25)17(26)16-13(19)5-4-6-14(16)20/h4-6,11H,3,7-10H2,1-2H3,(H,21,22,23). The van der Waals surface area contributed by atoms with Crippen molar-refractivity contribution >= 4 is 29.3 Å². The fourth-order valence-corrected chi connectivity index (χ4v) is 3.18. The van der Waals surface area contributed by atoms with Crippen LogP contribution in [0.25, 0.3) is 0 Å². The Morgan fingerprint density at radius 1 is 1.27 bits per heavy atom. The zero-order valence-electron chi connectivity index (χ0n) is 14.8. The van der Waals surface area contributed by atoms with E-state index >= 15 is 0 Å². The molecule has 0 radical (unpaired) electrons. The molecule has 0 spiro atoms. The van der Waals surface area contributed by atoms with Gasteiger partial charge in [0.25, 0.3) is 5.91 Å². The van der Waals surface area contributed by atoms with Gasteiger partial charge in [-0.2, -0.15) is 4.98 Å². The van der Waals surface area contributed by atoms with Gasteiger partial charge in [0.15, 0.2) is 0 Å². The van der Waals surface area contributed by atoms with E-state index in [1.807, 2.05) is 24.8 Å². The molecule has 1 aromatic carbocycles. The quantitative estimate of drug-likeness (QED) is 0.887. The molecule has 8 heteroatoms. The molecule has 1 amide bonds. The van der Waals surface area contributed by atoms with Crippen molar-refractivity contribution in [2.75, 3.05) is 42.9 Å². The third-order valence-corrected chi connectivity index (χ3v) is 4.54. The average Bonchev–Trinajstić information content (AvgIpc) is 2.61. The zero-order valence-corrected chi connectivity index (χ0v) is 15.6. The first-order chi connectivity index (χ1) is 12.5. The first kappa shape index (κ1) is 18.4. The monoisotopic (exact) mass is 377 g/mol. The number of nitrogens with one attached hydrogen (secondary N) is 1. The van der Waals surface area contributed by atoms with Gasteiger partial charge < -0.3 is 15.1 Å². The van der Waals surface area contributed by atoms with Crippen molar-refractivity contribution in [3.05, 3.63) is 46.4 Å². The summed E-state index contributed by atoms with van der Waals surface area (Å²) in [6, 6.07) is 6.16. The second kappa shape index (κ2) is 7.86. The van der Waals surface area contributed by atoms with Crippen LogP contribution in [0.2, 0.25) is 5.02 Å². The Balaban J connectivity index is 1.70. The summed E-state index contributed by atoms with van der Waals surface area (Å²) in [5, 5.41) is 3.32. The van der Waals surface area contributed by atoms with Gasteiger partial charge in [0, 0.05) is 44.5 Å². The molecule has 1 aromatic heterocycles. The summed E-state index contributed by atoms with van der Waals surface area (Å²) in [4.78, 5) is 25.3. The van der Waals surface area contributed by atoms with Crippen LogP contribution < -0.4 is 10.2 Å². The van der Waals surface area contributed by atoms with Crippen molar-refractivity contribution in [3.63, 3.8) is 0 Å². The molecule has 0 atom stereocenters. The SMILES string of the molecule is CCNc1cc(C)nc(N2CCN(C(=O)c3c(F)cccc3Cl)CC2)n1. The zero-order chi connectivity index (χ0) is 18.7. The van der Waals surface area contributed by atoms with E-state index in [-0.39, 0.29) is 16.5 Å². The van der Waals surface area contributed by atoms with Crippen LogP contribution in [0.1, 0.15) is 23.0 Å². The van der Waals surface area contributed by atoms with Crippen LogP contribution in [0.5, 0.6) is 0 Å². The Labute approximate surface area is 157 Å². The largest absolute Gasteiger partial charge is 0.370 e. The van der Waals surface area contributed by atoms with E-state index in [1.54, 1.807) is 4.90 Å². The maximum Gasteiger partial charge on any atom is 0.258 e. The van der Waals surface area contributed by atoms with Gasteiger partial charge in [-0.1, -0.05) is 17.7 Å². The number of hydrogen-bond acceptors (Lipinski definition) is 5. The van der Waals surface area contributed by atoms with Gasteiger partial charge in [-0.15, -0.1) is 0 Å². The van der Waals surface area contributed by atoms with E-state index in [2.05, 4.69) is 15.3 Å². The number of rotatable bonds is 4. The molecule has 1 saturated heterocycles. The summed E-state index contributed by atoms with van der Waals surface area (Å²) in [6.07, 6.45) is 0. The molecule has 26 heavy (non-hydrogen) atoms. The number of aromatic nitrogens is 2. The second-order valence-electron chi connectivity index (χ2n) is 6.10. The number of piperazine rings is 1. The van der Waals surface area contributed by atoms with Crippen molar-refractivity contribution in [3.8, 4) is 0 Å². The Hall–Kier alpha value is -2.41. The lowest BCUT2D eigenvalue weighted by molar-refractivity contribution is 0.0741. The summed E-state index contributed by atoms with van der Waals surface area (Å²) in [5.74, 6) is 0.442. The third-order valence-electron chi connectivity index (χ3n) is 4.23. The number of halogens is 2. The third kappa shape index (κ3) is 3.88. The predicted molar refractivity (Wildman–Crippen MR) is 100 cm³/mol. The number of carbonyl (C=O) groups excluding carboxylic acids is 1. The summed E-state index contributed by atoms with van der Waals surface area (Å²) in [6.45, 7) is 6.78. The molecule has 1 fully saturated rings. The van der Waals surface area contributed by atoms with Gasteiger partial charge in [-0.3, -0.25) is 4.79 Å². The number of aryl methyl sites for hydroxylation is 1. The lowest BCUT2D eigenvalue weighted by Crippen LogP contribution is -2.49. The van der Waals surface area contributed by atoms with E-state index in [4.69, 9.17) is 11.6 Å². The fourth-order valence-electron chi connectivity index (χ4n) is 2.94. The molecule has 0 unspecified atom stereocenters. The molecule has 1 N–H and O–H groups in total. The van der Waals surface area contributed by atoms with E-state index in [0.717, 1.165) is 18.1 Å². The van der Waals surface area contributed by atoms with E-state index in [0.29, 0.717) is 32.1 Å². The van der Waals surface area contributed by atoms with Crippen molar-refractivity contribution in [2.45, 2.75) is 13.8 Å². The van der Waals surface area contributed by atoms with Crippen molar-refractivity contribution in [1.82, 2.24) is 14.9 Å². The van der Waals surface area contributed by atoms with Crippen molar-refractivity contribution < 1.29 is 9.18 Å². The van der Waals surface area contributed by atoms with Gasteiger partial charge in [-0.05, 0) is 26.0 Å². The molecule has 2 aromatic rings. The maximum absolute atomic E-state index is 14.0. The van der Waals surface area contributed by atoms with Crippen LogP contribution in [-0.4, -0.2) is 53.5 Å². The normalized spacial score (nSPS) is 14.5. The number of anilines is 2. The first-order valence-corrected chi connectivity index (χ1v) is 8.95. The lowest BCUT2D eigenvalue weighted by Gasteiger charge is -2.35. The average molecular weight is 378 g/mol. The predicted octanol–water partition coefficient (Wildman–Crippen LogP) is 2.97. The van der Waals surface area contributed by atoms with Crippen molar-refractivity contribution in [1.29, 1.82) is 0 Å². The molecule has 3 rings (SSSR count). The highest BCUT2D eigenvalue weighted by atomic mass is 35.5. The number of benzene rings is 1. The first-order valence-electron chi connectivity index (χ1n) is 8.57. The van der Waals surface area contributed by atoms with E-state index in [9.17, 15) is 9.18 Å². The molecule has 138 valence electrons. The molecular weight excluding hydrogens is 357 g/mol. The number of carbonyl (C=O) groups is 1. The molecule has 0 bridgehead atoms. The van der Waals surface area contributed by atoms with Gasteiger partial charge in [0.1, 0.15) is 11.6 Å². The molecule has 1 aliphatic rings. The molecule has 1 aliphatic heterocycles. The summed E-state index contributed by atoms with van der Waals surface area (Å²) >= 11 is 6.01. The molecule has 0 saturated carbocycles. The summed E-state index contributed by atoms with van der Waals surface area (Å²) in [7, 11) is 0. The smallest absolute Gasteiger partial charge is 0.258 e. The van der Waals surface area contributed by atoms with Crippen LogP contribution in [0.15, 0.2) is 24.3 Å². The van der Waals surface area contributed by atoms with Gasteiger partial charge in [0.2, 0.25) is 5.95 Å². The minimum atomic E-state index is -0.595. The molecule has 6 nitrogen and oxygen atoms in total. The Morgan fingerprint density at radius 2 is 2.00 bits per heavy atom. The van der Waals surface area contributed by atoms with Gasteiger partial charge in [0.05, 0.1) is 10.6 Å². The van der Waals surface area contributed by atoms with Crippen LogP contribution in [-0.2, 0) is 0 Å². The van der Waals surface area contributed by atoms with Gasteiger partial charge in [-0.25, -0.2) is 9.37 Å². The molecular formula is C18H21ClFN5O. The lowest BCUT2D eigenvalue weighted by atomic mass is 10.1. The highest BCUT2D eigenvalue weighted by molar-refractivity contribution is 6.33. The molecule has 2 heterocycles. The van der Waals surface area contributed by atoms with Crippen LogP contribution in [0.4, 0.5) is 16.2 Å². The minimum absolute atomic E-state index is 0.0659. The second-order valence-corrected chi connectivity index (χ2v) is 6.51. The van der Waals surface area contributed by atoms with Crippen LogP contribution in [0.3, 0.4) is 0 Å². The van der Waals surface area contributed by atoms with Crippen LogP contribution in [0, 0.1) is 12.7 Å².